The summed E-state index contributed by atoms with van der Waals surface area (Å²) in [6, 6.07) is 32.0. The van der Waals surface area contributed by atoms with E-state index in [1.165, 1.54) is 0 Å². The molecule has 1 aliphatic rings. The summed E-state index contributed by atoms with van der Waals surface area (Å²) in [6.07, 6.45) is 0. The van der Waals surface area contributed by atoms with Gasteiger partial charge in [-0.05, 0) is 47.7 Å². The Labute approximate surface area is 188 Å². The van der Waals surface area contributed by atoms with E-state index in [0.717, 1.165) is 39.1 Å². The molecule has 1 N–H and O–H groups in total. The van der Waals surface area contributed by atoms with Crippen LogP contribution in [0.3, 0.4) is 0 Å². The molecule has 3 heteroatoms. The van der Waals surface area contributed by atoms with Crippen molar-refractivity contribution in [2.75, 3.05) is 4.90 Å². The summed E-state index contributed by atoms with van der Waals surface area (Å²) < 4.78 is 0. The molecule has 3 nitrogen and oxygen atoms in total. The first kappa shape index (κ1) is 20.1. The maximum atomic E-state index is 14.5. The van der Waals surface area contributed by atoms with Gasteiger partial charge in [0.2, 0.25) is 5.91 Å². The normalized spacial score (nSPS) is 17.4. The van der Waals surface area contributed by atoms with Gasteiger partial charge in [0.25, 0.3) is 0 Å². The molecule has 0 bridgehead atoms. The van der Waals surface area contributed by atoms with Crippen LogP contribution in [0.4, 0.5) is 5.69 Å². The van der Waals surface area contributed by atoms with E-state index in [9.17, 15) is 9.90 Å². The molecule has 0 saturated heterocycles. The summed E-state index contributed by atoms with van der Waals surface area (Å²) in [7, 11) is 0. The minimum Gasteiger partial charge on any atom is -0.507 e. The lowest BCUT2D eigenvalue weighted by atomic mass is 9.69. The Balaban J connectivity index is 1.80. The molecular formula is C29H25NO2. The highest BCUT2D eigenvalue weighted by Gasteiger charge is 2.53. The van der Waals surface area contributed by atoms with Gasteiger partial charge in [0, 0.05) is 11.3 Å². The smallest absolute Gasteiger partial charge is 0.247 e. The molecule has 0 saturated carbocycles. The molecule has 158 valence electrons. The molecule has 1 heterocycles. The minimum absolute atomic E-state index is 0.0262. The molecule has 1 unspecified atom stereocenters. The van der Waals surface area contributed by atoms with E-state index in [1.807, 2.05) is 110 Å². The quantitative estimate of drug-likeness (QED) is 0.448. The van der Waals surface area contributed by atoms with Crippen molar-refractivity contribution in [1.82, 2.24) is 0 Å². The van der Waals surface area contributed by atoms with Crippen molar-refractivity contribution in [1.29, 1.82) is 0 Å². The summed E-state index contributed by atoms with van der Waals surface area (Å²) in [5, 5.41) is 10.4. The van der Waals surface area contributed by atoms with Crippen LogP contribution >= 0.6 is 0 Å². The Morgan fingerprint density at radius 2 is 1.31 bits per heavy atom. The van der Waals surface area contributed by atoms with Crippen molar-refractivity contribution in [3.63, 3.8) is 0 Å². The van der Waals surface area contributed by atoms with Crippen molar-refractivity contribution in [3.8, 4) is 5.75 Å². The fourth-order valence-electron chi connectivity index (χ4n) is 4.96. The van der Waals surface area contributed by atoms with Gasteiger partial charge in [-0.3, -0.25) is 4.79 Å². The Morgan fingerprint density at radius 1 is 0.750 bits per heavy atom. The highest BCUT2D eigenvalue weighted by Crippen LogP contribution is 2.51. The molecule has 5 rings (SSSR count). The topological polar surface area (TPSA) is 40.5 Å². The Kier molecular flexibility index (Phi) is 4.82. The van der Waals surface area contributed by atoms with Gasteiger partial charge in [-0.1, -0.05) is 91.0 Å². The summed E-state index contributed by atoms with van der Waals surface area (Å²) in [5.41, 5.74) is 5.34. The predicted octanol–water partition coefficient (Wildman–Crippen LogP) is 5.89. The number of hydrogen-bond acceptors (Lipinski definition) is 2. The van der Waals surface area contributed by atoms with Gasteiger partial charge >= 0.3 is 0 Å². The van der Waals surface area contributed by atoms with Gasteiger partial charge in [0.15, 0.2) is 0 Å². The number of nitrogens with zero attached hydrogens (tertiary/aromatic N) is 1. The predicted molar refractivity (Wildman–Crippen MR) is 128 cm³/mol. The molecule has 0 aliphatic carbocycles. The fourth-order valence-corrected chi connectivity index (χ4v) is 4.96. The standard InChI is InChI=1S/C29H25NO2/c1-20-17-24(18-21(2)27(20)31)29(23-13-7-4-8-14-23)25-15-9-10-16-26(25)30(28(29)32)19-22-11-5-3-6-12-22/h3-18,31H,19H2,1-2H3. The molecule has 1 amide bonds. The number of phenolic OH excluding ortho intramolecular Hbond substituents is 1. The fraction of sp³-hybridized carbons (Fsp3) is 0.138. The molecule has 32 heavy (non-hydrogen) atoms. The van der Waals surface area contributed by atoms with E-state index in [-0.39, 0.29) is 11.7 Å². The van der Waals surface area contributed by atoms with Crippen molar-refractivity contribution >= 4 is 11.6 Å². The second-order valence-corrected chi connectivity index (χ2v) is 8.47. The van der Waals surface area contributed by atoms with Crippen molar-refractivity contribution in [3.05, 3.63) is 130 Å². The van der Waals surface area contributed by atoms with Crippen molar-refractivity contribution < 1.29 is 9.90 Å². The van der Waals surface area contributed by atoms with Gasteiger partial charge in [-0.25, -0.2) is 0 Å². The van der Waals surface area contributed by atoms with Gasteiger partial charge in [-0.15, -0.1) is 0 Å². The SMILES string of the molecule is Cc1cc(C2(c3ccccc3)C(=O)N(Cc3ccccc3)c3ccccc32)cc(C)c1O. The maximum absolute atomic E-state index is 14.5. The number of carbonyl (C=O) groups excluding carboxylic acids is 1. The van der Waals surface area contributed by atoms with E-state index < -0.39 is 5.41 Å². The number of rotatable bonds is 4. The maximum Gasteiger partial charge on any atom is 0.247 e. The number of fused-ring (bicyclic) bond motifs is 1. The number of hydrogen-bond donors (Lipinski definition) is 1. The highest BCUT2D eigenvalue weighted by atomic mass is 16.3. The summed E-state index contributed by atoms with van der Waals surface area (Å²) in [6.45, 7) is 4.27. The van der Waals surface area contributed by atoms with E-state index in [1.54, 1.807) is 0 Å². The summed E-state index contributed by atoms with van der Waals surface area (Å²) >= 11 is 0. The number of carbonyl (C=O) groups is 1. The number of benzene rings is 4. The lowest BCUT2D eigenvalue weighted by Crippen LogP contribution is -2.42. The third-order valence-electron chi connectivity index (χ3n) is 6.48. The molecule has 4 aromatic rings. The number of aryl methyl sites for hydroxylation is 2. The zero-order chi connectivity index (χ0) is 22.3. The van der Waals surface area contributed by atoms with E-state index in [0.29, 0.717) is 6.54 Å². The van der Waals surface area contributed by atoms with Gasteiger partial charge < -0.3 is 10.0 Å². The molecule has 0 fully saturated rings. The number of aromatic hydroxyl groups is 1. The largest absolute Gasteiger partial charge is 0.507 e. The number of anilines is 1. The molecule has 0 spiro atoms. The third-order valence-corrected chi connectivity index (χ3v) is 6.48. The first-order valence-corrected chi connectivity index (χ1v) is 10.8. The van der Waals surface area contributed by atoms with Gasteiger partial charge in [-0.2, -0.15) is 0 Å². The molecular weight excluding hydrogens is 394 g/mol. The van der Waals surface area contributed by atoms with E-state index in [4.69, 9.17) is 0 Å². The number of phenols is 1. The first-order chi connectivity index (χ1) is 15.5. The van der Waals surface area contributed by atoms with Crippen LogP contribution in [-0.4, -0.2) is 11.0 Å². The second kappa shape index (κ2) is 7.69. The Hall–Kier alpha value is -3.85. The summed E-state index contributed by atoms with van der Waals surface area (Å²) in [4.78, 5) is 16.4. The van der Waals surface area contributed by atoms with Gasteiger partial charge in [0.05, 0.1) is 6.54 Å². The molecule has 1 atom stereocenters. The van der Waals surface area contributed by atoms with E-state index >= 15 is 0 Å². The first-order valence-electron chi connectivity index (χ1n) is 10.8. The average molecular weight is 420 g/mol. The van der Waals surface area contributed by atoms with Crippen LogP contribution < -0.4 is 4.90 Å². The van der Waals surface area contributed by atoms with Crippen LogP contribution in [0.5, 0.6) is 5.75 Å². The van der Waals surface area contributed by atoms with E-state index in [2.05, 4.69) is 6.07 Å². The average Bonchev–Trinajstić information content (AvgIpc) is 3.07. The lowest BCUT2D eigenvalue weighted by molar-refractivity contribution is -0.120. The minimum atomic E-state index is -0.976. The zero-order valence-corrected chi connectivity index (χ0v) is 18.2. The van der Waals surface area contributed by atoms with Gasteiger partial charge in [0.1, 0.15) is 11.2 Å². The second-order valence-electron chi connectivity index (χ2n) is 8.47. The van der Waals surface area contributed by atoms with Crippen LogP contribution in [0, 0.1) is 13.8 Å². The number of para-hydroxylation sites is 1. The van der Waals surface area contributed by atoms with Crippen molar-refractivity contribution in [2.24, 2.45) is 0 Å². The molecule has 1 aliphatic heterocycles. The lowest BCUT2D eigenvalue weighted by Gasteiger charge is -2.31. The van der Waals surface area contributed by atoms with Crippen LogP contribution in [0.25, 0.3) is 0 Å². The molecule has 0 aromatic heterocycles. The third kappa shape index (κ3) is 2.93. The Bertz CT molecular complexity index is 1270. The van der Waals surface area contributed by atoms with Crippen LogP contribution in [0.2, 0.25) is 0 Å². The summed E-state index contributed by atoms with van der Waals surface area (Å²) in [5.74, 6) is 0.301. The molecule has 4 aromatic carbocycles. The van der Waals surface area contributed by atoms with Crippen LogP contribution in [-0.2, 0) is 16.8 Å². The van der Waals surface area contributed by atoms with Crippen LogP contribution in [0.15, 0.2) is 97.1 Å². The molecule has 0 radical (unpaired) electrons. The zero-order valence-electron chi connectivity index (χ0n) is 18.2. The van der Waals surface area contributed by atoms with Crippen LogP contribution in [0.1, 0.15) is 33.4 Å². The highest BCUT2D eigenvalue weighted by molar-refractivity contribution is 6.13. The van der Waals surface area contributed by atoms with Crippen molar-refractivity contribution in [2.45, 2.75) is 25.8 Å². The Morgan fingerprint density at radius 3 is 1.97 bits per heavy atom. The monoisotopic (exact) mass is 419 g/mol. The number of amides is 1.